The molecule has 522 valence electrons. The first-order valence-corrected chi connectivity index (χ1v) is 34.8. The summed E-state index contributed by atoms with van der Waals surface area (Å²) in [6.45, 7) is 8.08. The van der Waals surface area contributed by atoms with Crippen molar-refractivity contribution in [2.45, 2.75) is 170 Å². The van der Waals surface area contributed by atoms with Crippen molar-refractivity contribution in [3.05, 3.63) is 107 Å². The molecule has 7 aliphatic rings. The molecule has 4 saturated heterocycles. The molecular weight excluding hydrogens is 1360 g/mol. The summed E-state index contributed by atoms with van der Waals surface area (Å²) in [6.07, 6.45) is -9.69. The molecule has 8 heterocycles. The number of nitrogens with one attached hydrogen (secondary N) is 1. The number of carboxylic acid groups (broad SMARTS) is 1. The second-order valence-corrected chi connectivity index (χ2v) is 29.0. The quantitative estimate of drug-likeness (QED) is 0.0531. The number of carbonyl (C=O) groups is 2. The van der Waals surface area contributed by atoms with Gasteiger partial charge in [0.05, 0.1) is 72.1 Å². The molecule has 0 unspecified atom stereocenters. The predicted molar refractivity (Wildman–Crippen MR) is 333 cm³/mol. The maximum Gasteiger partial charge on any atom is 0.573 e. The summed E-state index contributed by atoms with van der Waals surface area (Å²) in [5.41, 5.74) is 2.98. The van der Waals surface area contributed by atoms with Crippen molar-refractivity contribution in [3.63, 3.8) is 0 Å². The molecule has 7 fully saturated rings. The number of halogens is 6. The molecule has 8 atom stereocenters. The topological polar surface area (TPSA) is 289 Å². The lowest BCUT2D eigenvalue weighted by Crippen LogP contribution is -2.35. The average molecular weight is 1430 g/mol. The molecule has 0 bridgehead atoms. The summed E-state index contributed by atoms with van der Waals surface area (Å²) in [6, 6.07) is 17.5. The lowest BCUT2D eigenvalue weighted by atomic mass is 10.0. The number of rotatable bonds is 24. The van der Waals surface area contributed by atoms with Crippen LogP contribution < -0.4 is 33.1 Å². The van der Waals surface area contributed by atoms with E-state index in [4.69, 9.17) is 56.4 Å². The molecule has 4 aromatic carbocycles. The standard InChI is InChI=1S/C34H34F3N3O10S2.C31H29F3N2O9S/c1-16(2)47-23-11-18(32(41)40-52(42,43)19-9-10-19)12-26-28(23)38-33(51-26)48-25-15-46-30-24(14-45-31(25)30)44-13-21-27(39-50-29(21)17-7-8-17)20-5-3-4-6-22(20)49-34(35,36)37;1-14(2)42-20-9-16(29(37)38)10-23-25(20)35-30(46-23)43-22-13-41-27-21(12-40-28(22)27)39-11-18-24(36-45-26(18)15-7-8-15)17-5-3-4-6-19(17)44-31(32,33)34/h3-6,11-12,16-17,19,24-25,30-31H,7-10,13-15H2,1-2H3,(H,40,41);3-6,9-10,14-15,21-22,27-28H,7-8,11-13H2,1-2H3,(H,37,38)/t24-,25-,30-,31-;21-,22-,27-,28-/m11/s1. The van der Waals surface area contributed by atoms with Crippen molar-refractivity contribution in [3.8, 4) is 55.9 Å². The Morgan fingerprint density at radius 1 is 0.582 bits per heavy atom. The number of fused-ring (bicyclic) bond motifs is 4. The van der Waals surface area contributed by atoms with E-state index in [1.54, 1.807) is 18.2 Å². The molecule has 2 N–H and O–H groups in total. The molecule has 15 rings (SSSR count). The van der Waals surface area contributed by atoms with E-state index in [1.807, 2.05) is 27.7 Å². The van der Waals surface area contributed by atoms with Crippen molar-refractivity contribution in [2.24, 2.45) is 0 Å². The van der Waals surface area contributed by atoms with Gasteiger partial charge in [-0.15, -0.1) is 26.3 Å². The first-order valence-electron chi connectivity index (χ1n) is 31.6. The fourth-order valence-electron chi connectivity index (χ4n) is 12.1. The molecule has 0 radical (unpaired) electrons. The summed E-state index contributed by atoms with van der Waals surface area (Å²) in [4.78, 5) is 33.8. The zero-order chi connectivity index (χ0) is 68.5. The number of thiazole rings is 2. The Bertz CT molecular complexity index is 4400. The molecule has 1 amide bonds. The number of carbonyl (C=O) groups excluding carboxylic acids is 1. The number of alkyl halides is 6. The second-order valence-electron chi connectivity index (χ2n) is 25.0. The molecule has 4 aliphatic heterocycles. The van der Waals surface area contributed by atoms with Crippen LogP contribution >= 0.6 is 22.7 Å². The van der Waals surface area contributed by atoms with Gasteiger partial charge in [0.1, 0.15) is 93.6 Å². The van der Waals surface area contributed by atoms with Gasteiger partial charge in [-0.25, -0.2) is 17.9 Å². The molecule has 33 heteroatoms. The monoisotopic (exact) mass is 1430 g/mol. The van der Waals surface area contributed by atoms with E-state index in [0.717, 1.165) is 25.7 Å². The SMILES string of the molecule is CC(C)Oc1cc(C(=O)NS(=O)(=O)C2CC2)cc2sc(O[C@@H]3CO[C@H]4[C@@H]3OC[C@H]4OCc3c(-c4ccccc4OC(F)(F)F)noc3C3CC3)nc12.CC(C)Oc1cc(C(=O)O)cc2sc(O[C@@H]3CO[C@H]4[C@@H]3OC[C@H]4OCc3c(-c4ccccc4OC(F)(F)F)noc3C3CC3)nc12. The lowest BCUT2D eigenvalue weighted by Gasteiger charge is -2.18. The van der Waals surface area contributed by atoms with Gasteiger partial charge in [-0.2, -0.15) is 9.97 Å². The minimum atomic E-state index is -4.89. The smallest absolute Gasteiger partial charge is 0.489 e. The minimum absolute atomic E-state index is 0.00842. The molecule has 4 aromatic heterocycles. The number of benzene rings is 4. The van der Waals surface area contributed by atoms with Crippen LogP contribution in [-0.2, 0) is 51.7 Å². The Hall–Kier alpha value is -7.89. The highest BCUT2D eigenvalue weighted by atomic mass is 32.2. The number of hydrogen-bond donors (Lipinski definition) is 2. The van der Waals surface area contributed by atoms with Crippen molar-refractivity contribution < 1.29 is 115 Å². The third kappa shape index (κ3) is 14.9. The molecule has 8 aromatic rings. The van der Waals surface area contributed by atoms with Crippen LogP contribution in [0.1, 0.15) is 121 Å². The van der Waals surface area contributed by atoms with E-state index < -0.39 is 94.5 Å². The Labute approximate surface area is 562 Å². The van der Waals surface area contributed by atoms with Crippen molar-refractivity contribution >= 4 is 65.0 Å². The summed E-state index contributed by atoms with van der Waals surface area (Å²) >= 11 is 2.37. The Morgan fingerprint density at radius 3 is 1.40 bits per heavy atom. The van der Waals surface area contributed by atoms with E-state index in [1.165, 1.54) is 77.3 Å². The summed E-state index contributed by atoms with van der Waals surface area (Å²) in [5, 5.41) is 17.8. The van der Waals surface area contributed by atoms with Gasteiger partial charge >= 0.3 is 18.7 Å². The molecular formula is C65H63F6N5O19S3. The number of ether oxygens (including phenoxy) is 12. The molecule has 3 aliphatic carbocycles. The van der Waals surface area contributed by atoms with Crippen LogP contribution in [0.4, 0.5) is 26.3 Å². The van der Waals surface area contributed by atoms with Gasteiger partial charge in [-0.1, -0.05) is 57.3 Å². The molecule has 3 saturated carbocycles. The van der Waals surface area contributed by atoms with Crippen LogP contribution in [0.25, 0.3) is 42.9 Å². The number of sulfonamides is 1. The zero-order valence-electron chi connectivity index (χ0n) is 52.5. The van der Waals surface area contributed by atoms with Gasteiger partial charge < -0.3 is 71.0 Å². The summed E-state index contributed by atoms with van der Waals surface area (Å²) in [5.74, 6) is -0.561. The molecule has 98 heavy (non-hydrogen) atoms. The van der Waals surface area contributed by atoms with Gasteiger partial charge in [-0.3, -0.25) is 4.79 Å². The highest BCUT2D eigenvalue weighted by Gasteiger charge is 2.52. The first kappa shape index (κ1) is 67.3. The minimum Gasteiger partial charge on any atom is -0.489 e. The highest BCUT2D eigenvalue weighted by molar-refractivity contribution is 7.91. The number of aromatic carboxylic acids is 1. The van der Waals surface area contributed by atoms with E-state index in [2.05, 4.69) is 34.5 Å². The van der Waals surface area contributed by atoms with Gasteiger partial charge in [0.2, 0.25) is 10.0 Å². The number of amides is 1. The maximum atomic E-state index is 13.2. The summed E-state index contributed by atoms with van der Waals surface area (Å²) < 4.78 is 188. The van der Waals surface area contributed by atoms with Crippen LogP contribution in [0.2, 0.25) is 0 Å². The average Bonchev–Trinajstić information content (AvgIpc) is 0.918. The number of nitrogens with zero attached hydrogens (tertiary/aromatic N) is 4. The van der Waals surface area contributed by atoms with Crippen LogP contribution in [0, 0.1) is 0 Å². The van der Waals surface area contributed by atoms with Crippen molar-refractivity contribution in [2.75, 3.05) is 26.4 Å². The van der Waals surface area contributed by atoms with Crippen LogP contribution in [0.3, 0.4) is 0 Å². The Kier molecular flexibility index (Phi) is 18.5. The number of para-hydroxylation sites is 2. The van der Waals surface area contributed by atoms with Gasteiger partial charge in [0.15, 0.2) is 12.2 Å². The number of carboxylic acids is 1. The largest absolute Gasteiger partial charge is 0.573 e. The first-order chi connectivity index (χ1) is 46.9. The normalized spacial score (nSPS) is 23.1. The van der Waals surface area contributed by atoms with E-state index in [0.29, 0.717) is 72.6 Å². The fraction of sp³-hybridized carbons (Fsp3) is 0.477. The predicted octanol–water partition coefficient (Wildman–Crippen LogP) is 12.2. The highest BCUT2D eigenvalue weighted by Crippen LogP contribution is 2.49. The van der Waals surface area contributed by atoms with Gasteiger partial charge in [0, 0.05) is 39.7 Å². The van der Waals surface area contributed by atoms with E-state index >= 15 is 0 Å². The van der Waals surface area contributed by atoms with Crippen LogP contribution in [0.5, 0.6) is 33.4 Å². The van der Waals surface area contributed by atoms with E-state index in [-0.39, 0.29) is 108 Å². The number of hydrogen-bond acceptors (Lipinski definition) is 24. The van der Waals surface area contributed by atoms with Crippen molar-refractivity contribution in [1.29, 1.82) is 0 Å². The number of aromatic nitrogens is 4. The summed E-state index contributed by atoms with van der Waals surface area (Å²) in [7, 11) is -3.76. The maximum absolute atomic E-state index is 13.2. The third-order valence-corrected chi connectivity index (χ3v) is 20.5. The van der Waals surface area contributed by atoms with Gasteiger partial charge in [-0.05, 0) is 115 Å². The van der Waals surface area contributed by atoms with Crippen LogP contribution in [0.15, 0.2) is 81.8 Å². The third-order valence-electron chi connectivity index (χ3n) is 16.9. The zero-order valence-corrected chi connectivity index (χ0v) is 54.9. The Morgan fingerprint density at radius 2 is 0.990 bits per heavy atom. The van der Waals surface area contributed by atoms with E-state index in [9.17, 15) is 49.5 Å². The molecule has 24 nitrogen and oxygen atoms in total. The van der Waals surface area contributed by atoms with Crippen molar-refractivity contribution in [1.82, 2.24) is 25.0 Å². The van der Waals surface area contributed by atoms with Gasteiger partial charge in [0.25, 0.3) is 16.3 Å². The second kappa shape index (κ2) is 27.0. The molecule has 0 spiro atoms. The fourth-order valence-corrected chi connectivity index (χ4v) is 15.2. The lowest BCUT2D eigenvalue weighted by molar-refractivity contribution is -0.275. The van der Waals surface area contributed by atoms with Crippen LogP contribution in [-0.4, -0.2) is 151 Å². The Balaban J connectivity index is 0.000000169.